The van der Waals surface area contributed by atoms with Crippen LogP contribution in [-0.2, 0) is 11.3 Å². The molecule has 1 N–H and O–H groups in total. The number of para-hydroxylation sites is 1. The average Bonchev–Trinajstić information content (AvgIpc) is 3.05. The standard InChI is InChI=1S/C17H19N3O2S/c1-19-8-9-20(12-13-5-2-3-6-14(13)19)16(21)11-18-17(22)15-7-4-10-23-15/h2-7,10H,8-9,11-12H2,1H3,(H,18,22). The molecule has 0 aliphatic carbocycles. The van der Waals surface area contributed by atoms with Gasteiger partial charge in [0.25, 0.3) is 5.91 Å². The molecule has 0 unspecified atom stereocenters. The van der Waals surface area contributed by atoms with Gasteiger partial charge in [0, 0.05) is 32.4 Å². The Labute approximate surface area is 139 Å². The summed E-state index contributed by atoms with van der Waals surface area (Å²) in [4.78, 5) is 29.0. The van der Waals surface area contributed by atoms with E-state index >= 15 is 0 Å². The Balaban J connectivity index is 1.63. The van der Waals surface area contributed by atoms with Gasteiger partial charge in [0.15, 0.2) is 0 Å². The summed E-state index contributed by atoms with van der Waals surface area (Å²) in [5.41, 5.74) is 2.29. The van der Waals surface area contributed by atoms with E-state index in [0.29, 0.717) is 18.0 Å². The van der Waals surface area contributed by atoms with E-state index in [1.165, 1.54) is 11.3 Å². The summed E-state index contributed by atoms with van der Waals surface area (Å²) in [5.74, 6) is -0.249. The number of carbonyl (C=O) groups excluding carboxylic acids is 2. The van der Waals surface area contributed by atoms with Crippen molar-refractivity contribution >= 4 is 28.8 Å². The van der Waals surface area contributed by atoms with Crippen molar-refractivity contribution in [2.24, 2.45) is 0 Å². The minimum Gasteiger partial charge on any atom is -0.373 e. The number of rotatable bonds is 3. The molecule has 0 saturated carbocycles. The highest BCUT2D eigenvalue weighted by atomic mass is 32.1. The molecule has 23 heavy (non-hydrogen) atoms. The lowest BCUT2D eigenvalue weighted by Crippen LogP contribution is -2.41. The van der Waals surface area contributed by atoms with Gasteiger partial charge in [-0.2, -0.15) is 0 Å². The summed E-state index contributed by atoms with van der Waals surface area (Å²) < 4.78 is 0. The number of nitrogens with one attached hydrogen (secondary N) is 1. The summed E-state index contributed by atoms with van der Waals surface area (Å²) in [6.45, 7) is 2.04. The highest BCUT2D eigenvalue weighted by Crippen LogP contribution is 2.23. The van der Waals surface area contributed by atoms with E-state index in [1.54, 1.807) is 11.0 Å². The van der Waals surface area contributed by atoms with Gasteiger partial charge in [0.2, 0.25) is 5.91 Å². The zero-order valence-corrected chi connectivity index (χ0v) is 13.8. The minimum absolute atomic E-state index is 0.0304. The monoisotopic (exact) mass is 329 g/mol. The molecule has 1 aromatic heterocycles. The molecule has 6 heteroatoms. The number of fused-ring (bicyclic) bond motifs is 1. The van der Waals surface area contributed by atoms with Gasteiger partial charge in [0.1, 0.15) is 0 Å². The SMILES string of the molecule is CN1CCN(C(=O)CNC(=O)c2cccs2)Cc2ccccc21. The van der Waals surface area contributed by atoms with Gasteiger partial charge in [0.05, 0.1) is 11.4 Å². The molecule has 2 amide bonds. The van der Waals surface area contributed by atoms with Crippen LogP contribution in [0.3, 0.4) is 0 Å². The Morgan fingerprint density at radius 1 is 1.17 bits per heavy atom. The number of carbonyl (C=O) groups is 2. The molecule has 2 heterocycles. The molecule has 1 aliphatic heterocycles. The molecule has 0 saturated heterocycles. The third kappa shape index (κ3) is 3.53. The van der Waals surface area contributed by atoms with Crippen molar-refractivity contribution in [2.45, 2.75) is 6.54 Å². The summed E-state index contributed by atoms with van der Waals surface area (Å²) >= 11 is 1.37. The van der Waals surface area contributed by atoms with Crippen LogP contribution in [-0.4, -0.2) is 43.4 Å². The van der Waals surface area contributed by atoms with Crippen LogP contribution in [0.5, 0.6) is 0 Å². The number of amides is 2. The van der Waals surface area contributed by atoms with Gasteiger partial charge in [-0.25, -0.2) is 0 Å². The second-order valence-electron chi connectivity index (χ2n) is 5.53. The molecule has 5 nitrogen and oxygen atoms in total. The Morgan fingerprint density at radius 2 is 2.00 bits per heavy atom. The summed E-state index contributed by atoms with van der Waals surface area (Å²) in [6, 6.07) is 11.7. The maximum atomic E-state index is 12.4. The Bertz CT molecular complexity index is 700. The van der Waals surface area contributed by atoms with E-state index in [2.05, 4.69) is 16.3 Å². The molecule has 120 valence electrons. The van der Waals surface area contributed by atoms with E-state index in [1.807, 2.05) is 36.7 Å². The lowest BCUT2D eigenvalue weighted by molar-refractivity contribution is -0.130. The number of hydrogen-bond acceptors (Lipinski definition) is 4. The van der Waals surface area contributed by atoms with Crippen LogP contribution < -0.4 is 10.2 Å². The van der Waals surface area contributed by atoms with E-state index in [-0.39, 0.29) is 18.4 Å². The predicted octanol–water partition coefficient (Wildman–Crippen LogP) is 1.96. The molecule has 2 aromatic rings. The third-order valence-corrected chi connectivity index (χ3v) is 4.84. The zero-order chi connectivity index (χ0) is 16.2. The van der Waals surface area contributed by atoms with Gasteiger partial charge < -0.3 is 15.1 Å². The molecule has 1 aromatic carbocycles. The maximum absolute atomic E-state index is 12.4. The predicted molar refractivity (Wildman–Crippen MR) is 91.8 cm³/mol. The molecule has 1 aliphatic rings. The van der Waals surface area contributed by atoms with E-state index < -0.39 is 0 Å². The largest absolute Gasteiger partial charge is 0.373 e. The van der Waals surface area contributed by atoms with Crippen molar-refractivity contribution in [3.8, 4) is 0 Å². The van der Waals surface area contributed by atoms with Crippen LogP contribution in [0, 0.1) is 0 Å². The van der Waals surface area contributed by atoms with Crippen LogP contribution in [0.25, 0.3) is 0 Å². The number of benzene rings is 1. The maximum Gasteiger partial charge on any atom is 0.261 e. The second kappa shape index (κ2) is 6.83. The molecular weight excluding hydrogens is 310 g/mol. The summed E-state index contributed by atoms with van der Waals surface area (Å²) in [6.07, 6.45) is 0. The second-order valence-corrected chi connectivity index (χ2v) is 6.47. The Hall–Kier alpha value is -2.34. The van der Waals surface area contributed by atoms with Gasteiger partial charge in [-0.15, -0.1) is 11.3 Å². The van der Waals surface area contributed by atoms with Gasteiger partial charge in [-0.3, -0.25) is 9.59 Å². The van der Waals surface area contributed by atoms with Crippen LogP contribution in [0.1, 0.15) is 15.2 Å². The van der Waals surface area contributed by atoms with Crippen molar-refractivity contribution in [3.05, 3.63) is 52.2 Å². The van der Waals surface area contributed by atoms with E-state index in [0.717, 1.165) is 17.8 Å². The first kappa shape index (κ1) is 15.6. The molecule has 0 atom stereocenters. The fourth-order valence-corrected chi connectivity index (χ4v) is 3.31. The molecule has 0 fully saturated rings. The van der Waals surface area contributed by atoms with Crippen LogP contribution in [0.15, 0.2) is 41.8 Å². The van der Waals surface area contributed by atoms with E-state index in [9.17, 15) is 9.59 Å². The number of hydrogen-bond donors (Lipinski definition) is 1. The summed E-state index contributed by atoms with van der Waals surface area (Å²) in [5, 5.41) is 4.55. The fourth-order valence-electron chi connectivity index (χ4n) is 2.67. The fraction of sp³-hybridized carbons (Fsp3) is 0.294. The Morgan fingerprint density at radius 3 is 2.78 bits per heavy atom. The van der Waals surface area contributed by atoms with Crippen LogP contribution in [0.2, 0.25) is 0 Å². The molecule has 0 bridgehead atoms. The quantitative estimate of drug-likeness (QED) is 0.936. The minimum atomic E-state index is -0.194. The first-order valence-electron chi connectivity index (χ1n) is 7.53. The smallest absolute Gasteiger partial charge is 0.261 e. The molecule has 3 rings (SSSR count). The first-order chi connectivity index (χ1) is 11.1. The molecular formula is C17H19N3O2S. The lowest BCUT2D eigenvalue weighted by Gasteiger charge is -2.21. The van der Waals surface area contributed by atoms with Gasteiger partial charge in [-0.1, -0.05) is 24.3 Å². The Kier molecular flexibility index (Phi) is 4.62. The van der Waals surface area contributed by atoms with Gasteiger partial charge >= 0.3 is 0 Å². The number of anilines is 1. The third-order valence-electron chi connectivity index (χ3n) is 3.97. The van der Waals surface area contributed by atoms with Crippen LogP contribution in [0.4, 0.5) is 5.69 Å². The number of thiophene rings is 1. The lowest BCUT2D eigenvalue weighted by atomic mass is 10.1. The van der Waals surface area contributed by atoms with E-state index in [4.69, 9.17) is 0 Å². The van der Waals surface area contributed by atoms with Crippen molar-refractivity contribution in [1.29, 1.82) is 0 Å². The van der Waals surface area contributed by atoms with Crippen molar-refractivity contribution in [3.63, 3.8) is 0 Å². The van der Waals surface area contributed by atoms with Crippen molar-refractivity contribution in [2.75, 3.05) is 31.6 Å². The summed E-state index contributed by atoms with van der Waals surface area (Å²) in [7, 11) is 2.03. The number of likely N-dealkylation sites (N-methyl/N-ethyl adjacent to an activating group) is 1. The van der Waals surface area contributed by atoms with Crippen molar-refractivity contribution < 1.29 is 9.59 Å². The van der Waals surface area contributed by atoms with Crippen LogP contribution >= 0.6 is 11.3 Å². The van der Waals surface area contributed by atoms with Crippen molar-refractivity contribution in [1.82, 2.24) is 10.2 Å². The molecule has 0 radical (unpaired) electrons. The number of nitrogens with zero attached hydrogens (tertiary/aromatic N) is 2. The van der Waals surface area contributed by atoms with Gasteiger partial charge in [-0.05, 0) is 23.1 Å². The molecule has 0 spiro atoms. The highest BCUT2D eigenvalue weighted by molar-refractivity contribution is 7.12. The average molecular weight is 329 g/mol. The first-order valence-corrected chi connectivity index (χ1v) is 8.41. The normalized spacial score (nSPS) is 14.1. The zero-order valence-electron chi connectivity index (χ0n) is 13.0. The topological polar surface area (TPSA) is 52.6 Å². The highest BCUT2D eigenvalue weighted by Gasteiger charge is 2.21.